The third kappa shape index (κ3) is 3.61. The second-order valence-electron chi connectivity index (χ2n) is 6.11. The van der Waals surface area contributed by atoms with Crippen molar-refractivity contribution >= 4 is 21.6 Å². The molecule has 0 N–H and O–H groups in total. The van der Waals surface area contributed by atoms with Crippen LogP contribution in [0.5, 0.6) is 0 Å². The lowest BCUT2D eigenvalue weighted by atomic mass is 10.1. The van der Waals surface area contributed by atoms with Crippen molar-refractivity contribution < 1.29 is 8.42 Å². The lowest BCUT2D eigenvalue weighted by Gasteiger charge is -2.22. The summed E-state index contributed by atoms with van der Waals surface area (Å²) in [5, 5.41) is 0. The van der Waals surface area contributed by atoms with E-state index in [0.717, 1.165) is 29.5 Å². The van der Waals surface area contributed by atoms with Crippen molar-refractivity contribution in [2.75, 3.05) is 13.6 Å². The van der Waals surface area contributed by atoms with Crippen molar-refractivity contribution in [1.29, 1.82) is 0 Å². The second kappa shape index (κ2) is 6.67. The molecule has 1 aliphatic rings. The molecule has 0 heterocycles. The SMILES string of the molecule is Cc1cc(CCl)cc(S(=O)(=O)N(C)CC2CCCC2)c1C. The molecule has 0 aromatic heterocycles. The number of nitrogens with zero attached hydrogens (tertiary/aromatic N) is 1. The predicted molar refractivity (Wildman–Crippen MR) is 87.2 cm³/mol. The molecular weight excluding hydrogens is 306 g/mol. The van der Waals surface area contributed by atoms with Crippen LogP contribution in [0.4, 0.5) is 0 Å². The van der Waals surface area contributed by atoms with E-state index in [-0.39, 0.29) is 0 Å². The standard InChI is InChI=1S/C16H24ClNO2S/c1-12-8-15(10-17)9-16(13(12)2)21(19,20)18(3)11-14-6-4-5-7-14/h8-9,14H,4-7,10-11H2,1-3H3. The molecule has 0 aliphatic heterocycles. The highest BCUT2D eigenvalue weighted by Crippen LogP contribution is 2.29. The summed E-state index contributed by atoms with van der Waals surface area (Å²) in [7, 11) is -1.75. The van der Waals surface area contributed by atoms with E-state index < -0.39 is 10.0 Å². The van der Waals surface area contributed by atoms with Gasteiger partial charge in [0, 0.05) is 19.5 Å². The second-order valence-corrected chi connectivity index (χ2v) is 8.39. The van der Waals surface area contributed by atoms with Gasteiger partial charge in [-0.05, 0) is 55.4 Å². The van der Waals surface area contributed by atoms with E-state index >= 15 is 0 Å². The summed E-state index contributed by atoms with van der Waals surface area (Å²) in [6.07, 6.45) is 4.72. The summed E-state index contributed by atoms with van der Waals surface area (Å²) < 4.78 is 27.2. The van der Waals surface area contributed by atoms with Crippen molar-refractivity contribution in [3.63, 3.8) is 0 Å². The molecule has 2 rings (SSSR count). The maximum absolute atomic E-state index is 12.8. The van der Waals surface area contributed by atoms with Crippen LogP contribution in [0.1, 0.15) is 42.4 Å². The zero-order chi connectivity index (χ0) is 15.6. The molecule has 1 fully saturated rings. The molecule has 0 spiro atoms. The molecule has 21 heavy (non-hydrogen) atoms. The maximum Gasteiger partial charge on any atom is 0.243 e. The molecule has 0 bridgehead atoms. The van der Waals surface area contributed by atoms with Gasteiger partial charge in [0.1, 0.15) is 0 Å². The van der Waals surface area contributed by atoms with E-state index in [9.17, 15) is 8.42 Å². The number of benzene rings is 1. The zero-order valence-electron chi connectivity index (χ0n) is 13.0. The van der Waals surface area contributed by atoms with Crippen LogP contribution in [0.2, 0.25) is 0 Å². The number of sulfonamides is 1. The van der Waals surface area contributed by atoms with Crippen LogP contribution in [-0.4, -0.2) is 26.3 Å². The molecule has 1 aromatic carbocycles. The lowest BCUT2D eigenvalue weighted by Crippen LogP contribution is -2.31. The smallest absolute Gasteiger partial charge is 0.207 e. The number of rotatable bonds is 5. The van der Waals surface area contributed by atoms with Crippen molar-refractivity contribution in [1.82, 2.24) is 4.31 Å². The molecule has 118 valence electrons. The van der Waals surface area contributed by atoms with Gasteiger partial charge in [-0.3, -0.25) is 0 Å². The van der Waals surface area contributed by atoms with Crippen LogP contribution in [0.15, 0.2) is 17.0 Å². The van der Waals surface area contributed by atoms with Gasteiger partial charge in [-0.15, -0.1) is 11.6 Å². The summed E-state index contributed by atoms with van der Waals surface area (Å²) in [5.41, 5.74) is 2.65. The number of hydrogen-bond acceptors (Lipinski definition) is 2. The van der Waals surface area contributed by atoms with Crippen molar-refractivity contribution in [2.45, 2.75) is 50.3 Å². The number of hydrogen-bond donors (Lipinski definition) is 0. The van der Waals surface area contributed by atoms with Gasteiger partial charge in [0.05, 0.1) is 4.90 Å². The molecule has 1 aliphatic carbocycles. The summed E-state index contributed by atoms with van der Waals surface area (Å²) in [6.45, 7) is 4.41. The average molecular weight is 330 g/mol. The van der Waals surface area contributed by atoms with Gasteiger partial charge in [0.25, 0.3) is 0 Å². The molecule has 0 unspecified atom stereocenters. The van der Waals surface area contributed by atoms with E-state index in [2.05, 4.69) is 0 Å². The number of aryl methyl sites for hydroxylation is 1. The van der Waals surface area contributed by atoms with Gasteiger partial charge in [-0.25, -0.2) is 12.7 Å². The van der Waals surface area contributed by atoms with Gasteiger partial charge in [-0.1, -0.05) is 18.9 Å². The molecule has 0 atom stereocenters. The number of alkyl halides is 1. The Kier molecular flexibility index (Phi) is 5.33. The molecule has 0 radical (unpaired) electrons. The Morgan fingerprint density at radius 1 is 1.24 bits per heavy atom. The van der Waals surface area contributed by atoms with Crippen LogP contribution in [0.25, 0.3) is 0 Å². The van der Waals surface area contributed by atoms with Crippen LogP contribution in [-0.2, 0) is 15.9 Å². The minimum atomic E-state index is -3.44. The Bertz CT molecular complexity index is 607. The summed E-state index contributed by atoms with van der Waals surface area (Å²) in [5.74, 6) is 0.832. The van der Waals surface area contributed by atoms with Gasteiger partial charge in [0.2, 0.25) is 10.0 Å². The Hall–Kier alpha value is -0.580. The van der Waals surface area contributed by atoms with Crippen molar-refractivity contribution in [3.05, 3.63) is 28.8 Å². The van der Waals surface area contributed by atoms with E-state index in [1.54, 1.807) is 13.1 Å². The molecule has 5 heteroatoms. The molecule has 0 saturated heterocycles. The number of halogens is 1. The fraction of sp³-hybridized carbons (Fsp3) is 0.625. The summed E-state index contributed by atoms with van der Waals surface area (Å²) >= 11 is 5.88. The van der Waals surface area contributed by atoms with Crippen LogP contribution in [0, 0.1) is 19.8 Å². The quantitative estimate of drug-likeness (QED) is 0.769. The highest BCUT2D eigenvalue weighted by atomic mass is 35.5. The predicted octanol–water partition coefficient (Wildman–Crippen LogP) is 3.85. The topological polar surface area (TPSA) is 37.4 Å². The fourth-order valence-corrected chi connectivity index (χ4v) is 4.81. The van der Waals surface area contributed by atoms with Gasteiger partial charge in [-0.2, -0.15) is 0 Å². The molecule has 3 nitrogen and oxygen atoms in total. The van der Waals surface area contributed by atoms with Crippen LogP contribution >= 0.6 is 11.6 Å². The molecule has 1 aromatic rings. The Morgan fingerprint density at radius 2 is 1.86 bits per heavy atom. The molecular formula is C16H24ClNO2S. The summed E-state index contributed by atoms with van der Waals surface area (Å²) in [6, 6.07) is 3.67. The minimum absolute atomic E-state index is 0.329. The zero-order valence-corrected chi connectivity index (χ0v) is 14.6. The first-order valence-electron chi connectivity index (χ1n) is 7.48. The first-order chi connectivity index (χ1) is 9.86. The van der Waals surface area contributed by atoms with E-state index in [0.29, 0.717) is 23.2 Å². The third-order valence-electron chi connectivity index (χ3n) is 4.51. The van der Waals surface area contributed by atoms with Crippen LogP contribution in [0.3, 0.4) is 0 Å². The highest BCUT2D eigenvalue weighted by Gasteiger charge is 2.27. The normalized spacial score (nSPS) is 16.8. The fourth-order valence-electron chi connectivity index (χ4n) is 3.07. The van der Waals surface area contributed by atoms with Gasteiger partial charge in [0.15, 0.2) is 0 Å². The Morgan fingerprint density at radius 3 is 2.43 bits per heavy atom. The highest BCUT2D eigenvalue weighted by molar-refractivity contribution is 7.89. The first-order valence-corrected chi connectivity index (χ1v) is 9.46. The van der Waals surface area contributed by atoms with Gasteiger partial charge >= 0.3 is 0 Å². The summed E-state index contributed by atoms with van der Waals surface area (Å²) in [4.78, 5) is 0.402. The van der Waals surface area contributed by atoms with E-state index in [1.807, 2.05) is 19.9 Å². The average Bonchev–Trinajstić information content (AvgIpc) is 2.94. The van der Waals surface area contributed by atoms with E-state index in [4.69, 9.17) is 11.6 Å². The van der Waals surface area contributed by atoms with Crippen molar-refractivity contribution in [3.8, 4) is 0 Å². The first kappa shape index (κ1) is 16.8. The Balaban J connectivity index is 2.31. The van der Waals surface area contributed by atoms with Gasteiger partial charge < -0.3 is 0 Å². The largest absolute Gasteiger partial charge is 0.243 e. The van der Waals surface area contributed by atoms with E-state index in [1.165, 1.54) is 17.1 Å². The lowest BCUT2D eigenvalue weighted by molar-refractivity contribution is 0.387. The Labute approximate surface area is 133 Å². The van der Waals surface area contributed by atoms with Crippen LogP contribution < -0.4 is 0 Å². The minimum Gasteiger partial charge on any atom is -0.207 e. The van der Waals surface area contributed by atoms with Crippen molar-refractivity contribution in [2.24, 2.45) is 5.92 Å². The third-order valence-corrected chi connectivity index (χ3v) is 6.77. The maximum atomic E-state index is 12.8. The molecule has 0 amide bonds. The molecule has 1 saturated carbocycles. The monoisotopic (exact) mass is 329 g/mol.